The molecule has 0 bridgehead atoms. The number of nitrogen functional groups attached to an aromatic ring is 1. The van der Waals surface area contributed by atoms with Gasteiger partial charge in [0.1, 0.15) is 5.56 Å². The van der Waals surface area contributed by atoms with E-state index in [0.717, 1.165) is 11.1 Å². The van der Waals surface area contributed by atoms with Crippen molar-refractivity contribution in [1.29, 1.82) is 0 Å². The van der Waals surface area contributed by atoms with Gasteiger partial charge in [-0.25, -0.2) is 0 Å². The third-order valence-corrected chi connectivity index (χ3v) is 5.41. The molecule has 2 aromatic carbocycles. The Kier molecular flexibility index (Phi) is 7.27. The summed E-state index contributed by atoms with van der Waals surface area (Å²) in [5, 5.41) is 9.90. The summed E-state index contributed by atoms with van der Waals surface area (Å²) in [4.78, 5) is 36.5. The van der Waals surface area contributed by atoms with Crippen LogP contribution >= 0.6 is 11.6 Å². The van der Waals surface area contributed by atoms with Gasteiger partial charge in [0.25, 0.3) is 11.5 Å². The van der Waals surface area contributed by atoms with Crippen LogP contribution in [0.25, 0.3) is 0 Å². The number of benzene rings is 2. The quantitative estimate of drug-likeness (QED) is 0.350. The predicted molar refractivity (Wildman–Crippen MR) is 134 cm³/mol. The second-order valence-corrected chi connectivity index (χ2v) is 8.29. The SMILES string of the molecule is Nc1nn(Cc2ccc(Cn3ccccc3=O)cc2)cc1C(=O)NCC(=O)Nc1cccc(Cl)c1. The Morgan fingerprint density at radius 2 is 1.71 bits per heavy atom. The van der Waals surface area contributed by atoms with Gasteiger partial charge < -0.3 is 20.9 Å². The number of aromatic nitrogens is 3. The molecule has 0 atom stereocenters. The normalized spacial score (nSPS) is 10.7. The second-order valence-electron chi connectivity index (χ2n) is 7.85. The summed E-state index contributed by atoms with van der Waals surface area (Å²) in [6, 6.07) is 19.5. The summed E-state index contributed by atoms with van der Waals surface area (Å²) >= 11 is 5.90. The summed E-state index contributed by atoms with van der Waals surface area (Å²) in [6.07, 6.45) is 3.28. The molecule has 0 aliphatic heterocycles. The zero-order chi connectivity index (χ0) is 24.8. The zero-order valence-corrected chi connectivity index (χ0v) is 19.4. The molecule has 4 N–H and O–H groups in total. The molecule has 0 unspecified atom stereocenters. The molecule has 9 nitrogen and oxygen atoms in total. The maximum Gasteiger partial charge on any atom is 0.257 e. The molecule has 2 aromatic heterocycles. The first-order valence-electron chi connectivity index (χ1n) is 10.8. The number of carbonyl (C=O) groups excluding carboxylic acids is 2. The molecule has 0 aliphatic rings. The van der Waals surface area contributed by atoms with E-state index in [4.69, 9.17) is 17.3 Å². The molecule has 10 heteroatoms. The lowest BCUT2D eigenvalue weighted by molar-refractivity contribution is -0.115. The van der Waals surface area contributed by atoms with Gasteiger partial charge in [0.05, 0.1) is 19.6 Å². The van der Waals surface area contributed by atoms with Crippen LogP contribution in [-0.4, -0.2) is 32.7 Å². The molecule has 0 fully saturated rings. The molecule has 2 heterocycles. The van der Waals surface area contributed by atoms with Crippen LogP contribution in [0.1, 0.15) is 21.5 Å². The van der Waals surface area contributed by atoms with E-state index in [-0.39, 0.29) is 23.5 Å². The molecule has 178 valence electrons. The predicted octanol–water partition coefficient (Wildman–Crippen LogP) is 2.75. The highest BCUT2D eigenvalue weighted by molar-refractivity contribution is 6.30. The van der Waals surface area contributed by atoms with Crippen LogP contribution in [0.5, 0.6) is 0 Å². The monoisotopic (exact) mass is 490 g/mol. The minimum atomic E-state index is -0.501. The number of hydrogen-bond acceptors (Lipinski definition) is 5. The number of halogens is 1. The summed E-state index contributed by atoms with van der Waals surface area (Å²) < 4.78 is 3.19. The number of nitrogens with one attached hydrogen (secondary N) is 2. The smallest absolute Gasteiger partial charge is 0.257 e. The molecule has 4 rings (SSSR count). The lowest BCUT2D eigenvalue weighted by Crippen LogP contribution is -2.33. The Balaban J connectivity index is 1.33. The van der Waals surface area contributed by atoms with E-state index in [2.05, 4.69) is 15.7 Å². The Bertz CT molecular complexity index is 1410. The fraction of sp³-hybridized carbons (Fsp3) is 0.120. The molecule has 4 aromatic rings. The Labute approximate surface area is 206 Å². The van der Waals surface area contributed by atoms with Gasteiger partial charge in [-0.1, -0.05) is 48.0 Å². The fourth-order valence-corrected chi connectivity index (χ4v) is 3.63. The van der Waals surface area contributed by atoms with Gasteiger partial charge in [-0.15, -0.1) is 0 Å². The third kappa shape index (κ3) is 6.36. The molecule has 0 saturated heterocycles. The number of nitrogens with two attached hydrogens (primary N) is 1. The van der Waals surface area contributed by atoms with Gasteiger partial charge in [-0.3, -0.25) is 19.1 Å². The van der Waals surface area contributed by atoms with Gasteiger partial charge in [0.15, 0.2) is 5.82 Å². The summed E-state index contributed by atoms with van der Waals surface area (Å²) in [6.45, 7) is 0.643. The van der Waals surface area contributed by atoms with Crippen molar-refractivity contribution in [2.75, 3.05) is 17.6 Å². The topological polar surface area (TPSA) is 124 Å². The number of hydrogen-bond donors (Lipinski definition) is 3. The van der Waals surface area contributed by atoms with Gasteiger partial charge in [-0.05, 0) is 35.4 Å². The van der Waals surface area contributed by atoms with Crippen molar-refractivity contribution < 1.29 is 9.59 Å². The third-order valence-electron chi connectivity index (χ3n) is 5.17. The standard InChI is InChI=1S/C25H23ClN6O3/c26-19-4-3-5-20(12-19)29-22(33)13-28-25(35)21-16-32(30-24(21)27)15-18-9-7-17(8-10-18)14-31-11-2-1-6-23(31)34/h1-12,16H,13-15H2,(H2,27,30)(H,28,35)(H,29,33). The van der Waals surface area contributed by atoms with Crippen molar-refractivity contribution in [3.8, 4) is 0 Å². The molecule has 2 amide bonds. The van der Waals surface area contributed by atoms with Crippen molar-refractivity contribution in [2.24, 2.45) is 0 Å². The van der Waals surface area contributed by atoms with Crippen molar-refractivity contribution in [2.45, 2.75) is 13.1 Å². The number of rotatable bonds is 8. The number of amides is 2. The van der Waals surface area contributed by atoms with E-state index < -0.39 is 11.8 Å². The van der Waals surface area contributed by atoms with E-state index >= 15 is 0 Å². The van der Waals surface area contributed by atoms with E-state index in [0.29, 0.717) is 23.8 Å². The lowest BCUT2D eigenvalue weighted by atomic mass is 10.1. The number of pyridine rings is 1. The van der Waals surface area contributed by atoms with Crippen LogP contribution in [0.3, 0.4) is 0 Å². The Morgan fingerprint density at radius 1 is 0.971 bits per heavy atom. The molecule has 0 aliphatic carbocycles. The second kappa shape index (κ2) is 10.7. The maximum atomic E-state index is 12.5. The summed E-state index contributed by atoms with van der Waals surface area (Å²) in [5.41, 5.74) is 8.51. The highest BCUT2D eigenvalue weighted by atomic mass is 35.5. The summed E-state index contributed by atoms with van der Waals surface area (Å²) in [7, 11) is 0. The lowest BCUT2D eigenvalue weighted by Gasteiger charge is -2.07. The van der Waals surface area contributed by atoms with Crippen LogP contribution in [0.15, 0.2) is 83.9 Å². The van der Waals surface area contributed by atoms with Gasteiger partial charge in [0, 0.05) is 29.2 Å². The van der Waals surface area contributed by atoms with Crippen LogP contribution in [0, 0.1) is 0 Å². The number of anilines is 2. The largest absolute Gasteiger partial charge is 0.382 e. The van der Waals surface area contributed by atoms with Crippen molar-refractivity contribution >= 4 is 34.9 Å². The zero-order valence-electron chi connectivity index (χ0n) is 18.6. The average molecular weight is 491 g/mol. The van der Waals surface area contributed by atoms with Crippen LogP contribution in [0.4, 0.5) is 11.5 Å². The molecular weight excluding hydrogens is 468 g/mol. The number of nitrogens with zero attached hydrogens (tertiary/aromatic N) is 3. The van der Waals surface area contributed by atoms with E-state index in [9.17, 15) is 14.4 Å². The van der Waals surface area contributed by atoms with Crippen LogP contribution in [0.2, 0.25) is 5.02 Å². The maximum absolute atomic E-state index is 12.5. The van der Waals surface area contributed by atoms with Crippen LogP contribution in [-0.2, 0) is 17.9 Å². The van der Waals surface area contributed by atoms with Gasteiger partial charge in [-0.2, -0.15) is 5.10 Å². The van der Waals surface area contributed by atoms with Gasteiger partial charge >= 0.3 is 0 Å². The van der Waals surface area contributed by atoms with Crippen molar-refractivity contribution in [3.05, 3.63) is 111 Å². The molecule has 0 radical (unpaired) electrons. The Morgan fingerprint density at radius 3 is 2.43 bits per heavy atom. The fourth-order valence-electron chi connectivity index (χ4n) is 3.44. The minimum absolute atomic E-state index is 0.0589. The molecular formula is C25H23ClN6O3. The van der Waals surface area contributed by atoms with E-state index in [1.54, 1.807) is 45.8 Å². The van der Waals surface area contributed by atoms with Crippen molar-refractivity contribution in [3.63, 3.8) is 0 Å². The first-order chi connectivity index (χ1) is 16.9. The molecule has 0 saturated carbocycles. The highest BCUT2D eigenvalue weighted by Crippen LogP contribution is 2.15. The van der Waals surface area contributed by atoms with Crippen LogP contribution < -0.4 is 21.9 Å². The first-order valence-corrected chi connectivity index (χ1v) is 11.1. The molecule has 35 heavy (non-hydrogen) atoms. The number of carbonyl (C=O) groups is 2. The highest BCUT2D eigenvalue weighted by Gasteiger charge is 2.15. The van der Waals surface area contributed by atoms with Crippen molar-refractivity contribution in [1.82, 2.24) is 19.7 Å². The van der Waals surface area contributed by atoms with E-state index in [1.807, 2.05) is 30.3 Å². The van der Waals surface area contributed by atoms with E-state index in [1.165, 1.54) is 12.3 Å². The molecule has 0 spiro atoms. The average Bonchev–Trinajstić information content (AvgIpc) is 3.20. The summed E-state index contributed by atoms with van der Waals surface area (Å²) in [5.74, 6) is -0.832. The Hall–Kier alpha value is -4.37. The van der Waals surface area contributed by atoms with Gasteiger partial charge in [0.2, 0.25) is 5.91 Å². The minimum Gasteiger partial charge on any atom is -0.382 e. The first kappa shape index (κ1) is 23.8.